The van der Waals surface area contributed by atoms with Crippen LogP contribution in [0.15, 0.2) is 18.2 Å². The molecule has 0 fully saturated rings. The molecule has 1 aromatic rings. The standard InChI is InChI=1S/C11H17BO3/c1-8(2)6-9-4-5-10(15-3)7-11(9)12(13)14/h4-5,7-8,13-14H,6H2,1-3H3. The number of methoxy groups -OCH3 is 1. The molecule has 3 nitrogen and oxygen atoms in total. The van der Waals surface area contributed by atoms with Crippen molar-refractivity contribution in [3.63, 3.8) is 0 Å². The van der Waals surface area contributed by atoms with E-state index in [1.165, 1.54) is 0 Å². The first-order valence-electron chi connectivity index (χ1n) is 5.07. The highest BCUT2D eigenvalue weighted by atomic mass is 16.5. The second-order valence-corrected chi connectivity index (χ2v) is 4.04. The van der Waals surface area contributed by atoms with E-state index in [1.807, 2.05) is 12.1 Å². The zero-order valence-electron chi connectivity index (χ0n) is 9.40. The molecular formula is C11H17BO3. The van der Waals surface area contributed by atoms with Gasteiger partial charge in [0, 0.05) is 0 Å². The largest absolute Gasteiger partial charge is 0.497 e. The van der Waals surface area contributed by atoms with Crippen LogP contribution in [0.25, 0.3) is 0 Å². The average molecular weight is 208 g/mol. The molecule has 82 valence electrons. The molecule has 0 heterocycles. The van der Waals surface area contributed by atoms with Crippen LogP contribution in [0, 0.1) is 5.92 Å². The lowest BCUT2D eigenvalue weighted by molar-refractivity contribution is 0.411. The van der Waals surface area contributed by atoms with Crippen molar-refractivity contribution in [1.82, 2.24) is 0 Å². The summed E-state index contributed by atoms with van der Waals surface area (Å²) in [6.45, 7) is 4.19. The quantitative estimate of drug-likeness (QED) is 0.711. The summed E-state index contributed by atoms with van der Waals surface area (Å²) in [5, 5.41) is 18.5. The number of hydrogen-bond acceptors (Lipinski definition) is 3. The average Bonchev–Trinajstić information content (AvgIpc) is 2.17. The van der Waals surface area contributed by atoms with E-state index in [0.717, 1.165) is 12.0 Å². The van der Waals surface area contributed by atoms with Crippen LogP contribution in [0.5, 0.6) is 5.75 Å². The Morgan fingerprint density at radius 3 is 2.47 bits per heavy atom. The third kappa shape index (κ3) is 3.25. The summed E-state index contributed by atoms with van der Waals surface area (Å²) in [5.74, 6) is 1.13. The molecular weight excluding hydrogens is 191 g/mol. The highest BCUT2D eigenvalue weighted by molar-refractivity contribution is 6.59. The summed E-state index contributed by atoms with van der Waals surface area (Å²) in [6.07, 6.45) is 0.830. The van der Waals surface area contributed by atoms with Crippen molar-refractivity contribution in [1.29, 1.82) is 0 Å². The first-order chi connectivity index (χ1) is 7.04. The van der Waals surface area contributed by atoms with Gasteiger partial charge in [0.2, 0.25) is 0 Å². The molecule has 0 radical (unpaired) electrons. The second-order valence-electron chi connectivity index (χ2n) is 4.04. The monoisotopic (exact) mass is 208 g/mol. The van der Waals surface area contributed by atoms with Crippen LogP contribution in [0.1, 0.15) is 19.4 Å². The van der Waals surface area contributed by atoms with Gasteiger partial charge in [-0.15, -0.1) is 0 Å². The van der Waals surface area contributed by atoms with Gasteiger partial charge in [-0.2, -0.15) is 0 Å². The van der Waals surface area contributed by atoms with Crippen LogP contribution >= 0.6 is 0 Å². The van der Waals surface area contributed by atoms with E-state index in [-0.39, 0.29) is 0 Å². The minimum atomic E-state index is -1.44. The molecule has 0 aliphatic carbocycles. The summed E-state index contributed by atoms with van der Waals surface area (Å²) in [7, 11) is 0.124. The van der Waals surface area contributed by atoms with Gasteiger partial charge in [0.05, 0.1) is 7.11 Å². The van der Waals surface area contributed by atoms with Crippen LogP contribution in [0.3, 0.4) is 0 Å². The van der Waals surface area contributed by atoms with Gasteiger partial charge in [0.1, 0.15) is 5.75 Å². The molecule has 0 bridgehead atoms. The summed E-state index contributed by atoms with van der Waals surface area (Å²) in [6, 6.07) is 5.39. The van der Waals surface area contributed by atoms with E-state index in [2.05, 4.69) is 13.8 Å². The summed E-state index contributed by atoms with van der Waals surface area (Å²) in [5.41, 5.74) is 1.49. The third-order valence-electron chi connectivity index (χ3n) is 2.26. The van der Waals surface area contributed by atoms with Gasteiger partial charge >= 0.3 is 7.12 Å². The molecule has 4 heteroatoms. The fourth-order valence-corrected chi connectivity index (χ4v) is 1.57. The highest BCUT2D eigenvalue weighted by Crippen LogP contribution is 2.13. The molecule has 0 unspecified atom stereocenters. The van der Waals surface area contributed by atoms with E-state index in [1.54, 1.807) is 13.2 Å². The predicted octanol–water partition coefficient (Wildman–Crippen LogP) is 0.573. The Hall–Kier alpha value is -0.995. The minimum Gasteiger partial charge on any atom is -0.497 e. The van der Waals surface area contributed by atoms with Gasteiger partial charge in [-0.05, 0) is 35.5 Å². The molecule has 1 rings (SSSR count). The summed E-state index contributed by atoms with van der Waals surface area (Å²) >= 11 is 0. The molecule has 0 aliphatic rings. The minimum absolute atomic E-state index is 0.482. The number of benzene rings is 1. The topological polar surface area (TPSA) is 49.7 Å². The van der Waals surface area contributed by atoms with E-state index in [0.29, 0.717) is 17.1 Å². The molecule has 2 N–H and O–H groups in total. The molecule has 0 aliphatic heterocycles. The molecule has 0 spiro atoms. The van der Waals surface area contributed by atoms with Crippen molar-refractivity contribution in [2.24, 2.45) is 5.92 Å². The van der Waals surface area contributed by atoms with E-state index >= 15 is 0 Å². The fourth-order valence-electron chi connectivity index (χ4n) is 1.57. The molecule has 0 aromatic heterocycles. The third-order valence-corrected chi connectivity index (χ3v) is 2.26. The Morgan fingerprint density at radius 2 is 2.00 bits per heavy atom. The SMILES string of the molecule is COc1ccc(CC(C)C)c(B(O)O)c1. The van der Waals surface area contributed by atoms with Crippen LogP contribution in [-0.2, 0) is 6.42 Å². The van der Waals surface area contributed by atoms with Crippen LogP contribution in [0.4, 0.5) is 0 Å². The molecule has 1 aromatic carbocycles. The molecule has 0 saturated carbocycles. The van der Waals surface area contributed by atoms with Crippen molar-refractivity contribution in [3.8, 4) is 5.75 Å². The Bertz CT molecular complexity index is 324. The van der Waals surface area contributed by atoms with E-state index in [4.69, 9.17) is 4.74 Å². The van der Waals surface area contributed by atoms with Gasteiger partial charge in [-0.3, -0.25) is 0 Å². The van der Waals surface area contributed by atoms with Crippen molar-refractivity contribution in [2.75, 3.05) is 7.11 Å². The maximum absolute atomic E-state index is 9.24. The number of rotatable bonds is 4. The molecule has 0 atom stereocenters. The zero-order chi connectivity index (χ0) is 11.4. The Kier molecular flexibility index (Phi) is 4.18. The molecule has 15 heavy (non-hydrogen) atoms. The normalized spacial score (nSPS) is 10.5. The highest BCUT2D eigenvalue weighted by Gasteiger charge is 2.17. The predicted molar refractivity (Wildman–Crippen MR) is 61.4 cm³/mol. The van der Waals surface area contributed by atoms with E-state index < -0.39 is 7.12 Å². The van der Waals surface area contributed by atoms with Crippen molar-refractivity contribution >= 4 is 12.6 Å². The van der Waals surface area contributed by atoms with Crippen molar-refractivity contribution in [3.05, 3.63) is 23.8 Å². The maximum Gasteiger partial charge on any atom is 0.488 e. The fraction of sp³-hybridized carbons (Fsp3) is 0.455. The smallest absolute Gasteiger partial charge is 0.488 e. The maximum atomic E-state index is 9.24. The van der Waals surface area contributed by atoms with Gasteiger partial charge < -0.3 is 14.8 Å². The van der Waals surface area contributed by atoms with Crippen LogP contribution in [0.2, 0.25) is 0 Å². The lowest BCUT2D eigenvalue weighted by Crippen LogP contribution is -2.33. The Balaban J connectivity index is 3.03. The molecule has 0 amide bonds. The van der Waals surface area contributed by atoms with Crippen molar-refractivity contribution in [2.45, 2.75) is 20.3 Å². The zero-order valence-corrected chi connectivity index (χ0v) is 9.40. The Labute approximate surface area is 90.9 Å². The lowest BCUT2D eigenvalue weighted by Gasteiger charge is -2.12. The van der Waals surface area contributed by atoms with Crippen LogP contribution < -0.4 is 10.2 Å². The summed E-state index contributed by atoms with van der Waals surface area (Å²) in [4.78, 5) is 0. The van der Waals surface area contributed by atoms with Gasteiger partial charge in [-0.1, -0.05) is 19.9 Å². The first kappa shape index (κ1) is 12.1. The summed E-state index contributed by atoms with van der Waals surface area (Å²) < 4.78 is 5.04. The molecule has 0 saturated heterocycles. The van der Waals surface area contributed by atoms with Crippen LogP contribution in [-0.4, -0.2) is 24.3 Å². The second kappa shape index (κ2) is 5.19. The first-order valence-corrected chi connectivity index (χ1v) is 5.07. The van der Waals surface area contributed by atoms with Gasteiger partial charge in [0.25, 0.3) is 0 Å². The number of ether oxygens (including phenoxy) is 1. The van der Waals surface area contributed by atoms with Gasteiger partial charge in [0.15, 0.2) is 0 Å². The van der Waals surface area contributed by atoms with Gasteiger partial charge in [-0.25, -0.2) is 0 Å². The van der Waals surface area contributed by atoms with Crippen molar-refractivity contribution < 1.29 is 14.8 Å². The lowest BCUT2D eigenvalue weighted by atomic mass is 9.75. The van der Waals surface area contributed by atoms with E-state index in [9.17, 15) is 10.0 Å². The Morgan fingerprint density at radius 1 is 1.33 bits per heavy atom. The number of hydrogen-bond donors (Lipinski definition) is 2.